The molecule has 0 aromatic rings. The molecule has 0 heterocycles. The molecule has 50 valence electrons. The topological polar surface area (TPSA) is 0 Å². The van der Waals surface area contributed by atoms with Crippen molar-refractivity contribution in [1.82, 2.24) is 0 Å². The van der Waals surface area contributed by atoms with Gasteiger partial charge in [0.2, 0.25) is 0 Å². The van der Waals surface area contributed by atoms with Crippen LogP contribution in [-0.2, 0) is 51.3 Å². The fraction of sp³-hybridized carbons (Fsp3) is 0.400. The Kier molecular flexibility index (Phi) is 248. The largest absolute Gasteiger partial charge is 0.372 e. The van der Waals surface area contributed by atoms with Gasteiger partial charge in [0.05, 0.1) is 0 Å². The third-order valence-electron chi connectivity index (χ3n) is 0. The SMILES string of the molecule is P.[CH2-]C.[CH2-]C[CH2-].[V].[Y]. The van der Waals surface area contributed by atoms with E-state index in [0.29, 0.717) is 0 Å². The van der Waals surface area contributed by atoms with Gasteiger partial charge in [-0.1, -0.05) is 0 Å². The van der Waals surface area contributed by atoms with Crippen LogP contribution < -0.4 is 0 Å². The molecule has 3 heteroatoms. The second kappa shape index (κ2) is 61.8. The maximum Gasteiger partial charge on any atom is 0 e. The average Bonchev–Trinajstić information content (AvgIpc) is 1.46. The van der Waals surface area contributed by atoms with Crippen LogP contribution in [0.1, 0.15) is 13.3 Å². The smallest absolute Gasteiger partial charge is 0 e. The molecule has 0 aliphatic rings. The van der Waals surface area contributed by atoms with Gasteiger partial charge in [0.1, 0.15) is 0 Å². The van der Waals surface area contributed by atoms with Gasteiger partial charge in [-0.05, 0) is 0 Å². The first-order chi connectivity index (χ1) is 2.41. The molecule has 0 rings (SSSR count). The van der Waals surface area contributed by atoms with E-state index in [1.165, 1.54) is 0 Å². The van der Waals surface area contributed by atoms with Gasteiger partial charge in [-0.15, -0.1) is 0 Å². The molecule has 1 atom stereocenters. The first-order valence-electron chi connectivity index (χ1n) is 1.71. The zero-order valence-electron chi connectivity index (χ0n) is 5.56. The van der Waals surface area contributed by atoms with E-state index in [2.05, 4.69) is 20.8 Å². The Hall–Kier alpha value is 2.12. The summed E-state index contributed by atoms with van der Waals surface area (Å²) in [6.07, 6.45) is 0.750. The van der Waals surface area contributed by atoms with Crippen molar-refractivity contribution < 1.29 is 51.3 Å². The Bertz CT molecular complexity index is 12.4. The minimum atomic E-state index is 0. The summed E-state index contributed by atoms with van der Waals surface area (Å²) in [5.41, 5.74) is 0. The average molecular weight is 245 g/mol. The predicted molar refractivity (Wildman–Crippen MR) is 37.5 cm³/mol. The van der Waals surface area contributed by atoms with Crippen molar-refractivity contribution in [3.05, 3.63) is 20.8 Å². The van der Waals surface area contributed by atoms with Crippen molar-refractivity contribution in [3.63, 3.8) is 0 Å². The van der Waals surface area contributed by atoms with E-state index in [9.17, 15) is 0 Å². The van der Waals surface area contributed by atoms with Crippen molar-refractivity contribution in [1.29, 1.82) is 0 Å². The minimum Gasteiger partial charge on any atom is -0.372 e. The first kappa shape index (κ1) is 32.1. The molecule has 0 bridgehead atoms. The molecule has 0 spiro atoms. The summed E-state index contributed by atoms with van der Waals surface area (Å²) in [5.74, 6) is 0. The van der Waals surface area contributed by atoms with Gasteiger partial charge < -0.3 is 27.2 Å². The van der Waals surface area contributed by atoms with Crippen LogP contribution in [0.25, 0.3) is 0 Å². The summed E-state index contributed by atoms with van der Waals surface area (Å²) in [6.45, 7) is 11.8. The van der Waals surface area contributed by atoms with Crippen LogP contribution >= 0.6 is 9.90 Å². The van der Waals surface area contributed by atoms with Gasteiger partial charge >= 0.3 is 0 Å². The summed E-state index contributed by atoms with van der Waals surface area (Å²) in [4.78, 5) is 0. The van der Waals surface area contributed by atoms with Crippen LogP contribution in [-0.4, -0.2) is 0 Å². The van der Waals surface area contributed by atoms with E-state index < -0.39 is 0 Å². The third kappa shape index (κ3) is 91.7. The van der Waals surface area contributed by atoms with Gasteiger partial charge in [-0.2, -0.15) is 16.8 Å². The van der Waals surface area contributed by atoms with E-state index in [4.69, 9.17) is 0 Å². The maximum atomic E-state index is 3.38. The van der Waals surface area contributed by atoms with Crippen molar-refractivity contribution >= 4 is 9.90 Å². The molecular weight excluding hydrogens is 231 g/mol. The second-order valence-electron chi connectivity index (χ2n) is 0.354. The fourth-order valence-electron chi connectivity index (χ4n) is 0. The van der Waals surface area contributed by atoms with Gasteiger partial charge in [0.15, 0.2) is 0 Å². The monoisotopic (exact) mass is 245 g/mol. The van der Waals surface area contributed by atoms with Gasteiger partial charge in [-0.3, -0.25) is 0 Å². The van der Waals surface area contributed by atoms with E-state index in [1.54, 1.807) is 6.92 Å². The van der Waals surface area contributed by atoms with E-state index in [0.717, 1.165) is 6.42 Å². The molecule has 0 saturated heterocycles. The Morgan fingerprint density at radius 1 is 1.12 bits per heavy atom. The number of hydrogen-bond donors (Lipinski definition) is 0. The van der Waals surface area contributed by atoms with Crippen molar-refractivity contribution in [2.45, 2.75) is 13.3 Å². The molecule has 0 aromatic carbocycles. The quantitative estimate of drug-likeness (QED) is 0.452. The summed E-state index contributed by atoms with van der Waals surface area (Å²) in [6, 6.07) is 0. The predicted octanol–water partition coefficient (Wildman–Crippen LogP) is 1.94. The Morgan fingerprint density at radius 2 is 1.12 bits per heavy atom. The molecule has 0 saturated carbocycles. The standard InChI is InChI=1S/C3H6.C2H5.H3P.V.Y/c1-3-2;1-2;;;/h1-3H2;1H2,2H3;1H3;;/q-2;-1;;;. The Balaban J connectivity index is -0.00000000567. The van der Waals surface area contributed by atoms with Crippen LogP contribution in [0.2, 0.25) is 0 Å². The molecule has 0 N–H and O–H groups in total. The summed E-state index contributed by atoms with van der Waals surface area (Å²) < 4.78 is 0. The zero-order chi connectivity index (χ0) is 4.71. The van der Waals surface area contributed by atoms with E-state index >= 15 is 0 Å². The number of hydrogen-bond acceptors (Lipinski definition) is 0. The van der Waals surface area contributed by atoms with Crippen LogP contribution in [0.15, 0.2) is 0 Å². The summed E-state index contributed by atoms with van der Waals surface area (Å²) in [7, 11) is 0. The second-order valence-corrected chi connectivity index (χ2v) is 0.354. The maximum absolute atomic E-state index is 3.38. The molecule has 0 aliphatic carbocycles. The molecule has 0 nitrogen and oxygen atoms in total. The molecule has 8 heavy (non-hydrogen) atoms. The Morgan fingerprint density at radius 3 is 1.12 bits per heavy atom. The van der Waals surface area contributed by atoms with Gasteiger partial charge in [0.25, 0.3) is 0 Å². The first-order valence-corrected chi connectivity index (χ1v) is 1.71. The molecule has 1 unspecified atom stereocenters. The van der Waals surface area contributed by atoms with Gasteiger partial charge in [-0.25, -0.2) is 0 Å². The summed E-state index contributed by atoms with van der Waals surface area (Å²) in [5, 5.41) is 0. The molecule has 0 aliphatic heterocycles. The van der Waals surface area contributed by atoms with Gasteiger partial charge in [0, 0.05) is 51.3 Å². The van der Waals surface area contributed by atoms with Crippen molar-refractivity contribution in [2.75, 3.05) is 0 Å². The van der Waals surface area contributed by atoms with Crippen molar-refractivity contribution in [2.24, 2.45) is 0 Å². The van der Waals surface area contributed by atoms with E-state index in [-0.39, 0.29) is 61.2 Å². The molecule has 0 aromatic heterocycles. The van der Waals surface area contributed by atoms with Crippen LogP contribution in [0.5, 0.6) is 0 Å². The van der Waals surface area contributed by atoms with Crippen LogP contribution in [0, 0.1) is 20.8 Å². The molecule has 0 amide bonds. The zero-order valence-corrected chi connectivity index (χ0v) is 11.2. The molecule has 2 radical (unpaired) electrons. The number of rotatable bonds is 0. The minimum absolute atomic E-state index is 0. The third-order valence-corrected chi connectivity index (χ3v) is 0. The Labute approximate surface area is 94.3 Å². The fourth-order valence-corrected chi connectivity index (χ4v) is 0. The molecular formula is C5H14PVY-3. The molecule has 0 fully saturated rings. The summed E-state index contributed by atoms with van der Waals surface area (Å²) >= 11 is 0. The normalized spacial score (nSPS) is 3.00. The van der Waals surface area contributed by atoms with Crippen molar-refractivity contribution in [3.8, 4) is 0 Å². The van der Waals surface area contributed by atoms with E-state index in [1.807, 2.05) is 0 Å². The van der Waals surface area contributed by atoms with Crippen LogP contribution in [0.3, 0.4) is 0 Å². The van der Waals surface area contributed by atoms with Crippen LogP contribution in [0.4, 0.5) is 0 Å².